The number of nitrogens with zero attached hydrogens (tertiary/aromatic N) is 2. The maximum atomic E-state index is 11.5. The lowest BCUT2D eigenvalue weighted by atomic mass is 9.94. The van der Waals surface area contributed by atoms with Crippen molar-refractivity contribution in [3.05, 3.63) is 28.3 Å². The molecular weight excluding hydrogens is 374 g/mol. The van der Waals surface area contributed by atoms with Gasteiger partial charge in [0, 0.05) is 19.0 Å². The number of carbonyl (C=O) groups excluding carboxylic acids is 1. The van der Waals surface area contributed by atoms with Gasteiger partial charge in [0.2, 0.25) is 16.1 Å². The number of nitrogens with two attached hydrogens (primary N) is 1. The van der Waals surface area contributed by atoms with Crippen LogP contribution in [0.1, 0.15) is 53.9 Å². The standard InChI is InChI=1S/C21H25N3O3S/c22-28(26,27)18-8-11-24(12-9-18)10-2-4-15-6-7-17-13-16-3-1-5-19(16)21(20(15)17)23-14-25/h13,15,18H,1,3,5-12H2,(H2,22,26,27). The third kappa shape index (κ3) is 3.78. The van der Waals surface area contributed by atoms with Crippen LogP contribution >= 0.6 is 0 Å². The number of aryl methyl sites for hydroxylation is 2. The lowest BCUT2D eigenvalue weighted by Crippen LogP contribution is -2.41. The van der Waals surface area contributed by atoms with Gasteiger partial charge in [0.25, 0.3) is 0 Å². The highest BCUT2D eigenvalue weighted by molar-refractivity contribution is 7.89. The van der Waals surface area contributed by atoms with Gasteiger partial charge in [-0.3, -0.25) is 4.90 Å². The van der Waals surface area contributed by atoms with Crippen molar-refractivity contribution in [3.63, 3.8) is 0 Å². The van der Waals surface area contributed by atoms with Crippen LogP contribution in [-0.4, -0.2) is 44.3 Å². The monoisotopic (exact) mass is 399 g/mol. The average molecular weight is 400 g/mol. The molecule has 148 valence electrons. The molecule has 0 saturated carbocycles. The first-order valence-electron chi connectivity index (χ1n) is 9.95. The van der Waals surface area contributed by atoms with Crippen LogP contribution < -0.4 is 5.14 Å². The van der Waals surface area contributed by atoms with Gasteiger partial charge in [-0.2, -0.15) is 4.99 Å². The molecule has 4 rings (SSSR count). The number of likely N-dealkylation sites (tertiary alicyclic amines) is 1. The molecule has 1 aliphatic heterocycles. The van der Waals surface area contributed by atoms with E-state index in [4.69, 9.17) is 5.14 Å². The SMILES string of the molecule is NS(=O)(=O)C1CCN(CC#CC2CCc3cc4c(c(N=C=O)c32)CCC4)CC1. The van der Waals surface area contributed by atoms with Gasteiger partial charge in [-0.05, 0) is 67.2 Å². The van der Waals surface area contributed by atoms with Crippen LogP contribution in [0.4, 0.5) is 5.69 Å². The van der Waals surface area contributed by atoms with E-state index in [0.717, 1.165) is 43.4 Å². The molecule has 0 spiro atoms. The van der Waals surface area contributed by atoms with Gasteiger partial charge < -0.3 is 0 Å². The number of hydrogen-bond donors (Lipinski definition) is 1. The van der Waals surface area contributed by atoms with Crippen LogP contribution in [0.5, 0.6) is 0 Å². The quantitative estimate of drug-likeness (QED) is 0.477. The summed E-state index contributed by atoms with van der Waals surface area (Å²) in [5, 5.41) is 4.82. The van der Waals surface area contributed by atoms with Gasteiger partial charge in [-0.25, -0.2) is 18.4 Å². The van der Waals surface area contributed by atoms with E-state index in [1.54, 1.807) is 6.08 Å². The molecule has 1 unspecified atom stereocenters. The Kier molecular flexibility index (Phi) is 5.39. The first kappa shape index (κ1) is 19.4. The first-order chi connectivity index (χ1) is 13.5. The Morgan fingerprint density at radius 3 is 2.64 bits per heavy atom. The zero-order valence-corrected chi connectivity index (χ0v) is 16.7. The maximum Gasteiger partial charge on any atom is 0.240 e. The van der Waals surface area contributed by atoms with Gasteiger partial charge in [0.15, 0.2) is 0 Å². The molecule has 1 heterocycles. The molecular formula is C21H25N3O3S. The van der Waals surface area contributed by atoms with Crippen LogP contribution in [0.2, 0.25) is 0 Å². The molecule has 3 aliphatic rings. The lowest BCUT2D eigenvalue weighted by molar-refractivity contribution is 0.256. The fraction of sp³-hybridized carbons (Fsp3) is 0.571. The molecule has 2 aliphatic carbocycles. The van der Waals surface area contributed by atoms with Gasteiger partial charge in [-0.15, -0.1) is 0 Å². The zero-order chi connectivity index (χ0) is 19.7. The highest BCUT2D eigenvalue weighted by Crippen LogP contribution is 2.45. The largest absolute Gasteiger partial charge is 0.292 e. The number of aliphatic imine (C=N–C) groups is 1. The third-order valence-corrected chi connectivity index (χ3v) is 7.68. The van der Waals surface area contributed by atoms with Crippen molar-refractivity contribution in [1.29, 1.82) is 0 Å². The van der Waals surface area contributed by atoms with E-state index in [2.05, 4.69) is 27.8 Å². The van der Waals surface area contributed by atoms with E-state index in [1.165, 1.54) is 16.7 Å². The number of benzene rings is 1. The van der Waals surface area contributed by atoms with Crippen LogP contribution in [0.15, 0.2) is 11.1 Å². The van der Waals surface area contributed by atoms with Crippen molar-refractivity contribution in [3.8, 4) is 11.8 Å². The summed E-state index contributed by atoms with van der Waals surface area (Å²) in [6.07, 6.45) is 7.97. The van der Waals surface area contributed by atoms with Crippen LogP contribution in [-0.2, 0) is 34.1 Å². The van der Waals surface area contributed by atoms with Crippen molar-refractivity contribution in [2.24, 2.45) is 10.1 Å². The highest BCUT2D eigenvalue weighted by Gasteiger charge is 2.30. The van der Waals surface area contributed by atoms with Gasteiger partial charge in [0.05, 0.1) is 17.5 Å². The number of rotatable bonds is 3. The third-order valence-electron chi connectivity index (χ3n) is 6.28. The summed E-state index contributed by atoms with van der Waals surface area (Å²) in [6, 6.07) is 2.29. The number of piperidine rings is 1. The number of isocyanates is 1. The molecule has 2 N–H and O–H groups in total. The highest BCUT2D eigenvalue weighted by atomic mass is 32.2. The van der Waals surface area contributed by atoms with Crippen molar-refractivity contribution >= 4 is 21.8 Å². The molecule has 1 atom stereocenters. The van der Waals surface area contributed by atoms with E-state index in [1.807, 2.05) is 0 Å². The number of fused-ring (bicyclic) bond motifs is 2. The second-order valence-corrected chi connectivity index (χ2v) is 9.81. The van der Waals surface area contributed by atoms with Crippen molar-refractivity contribution in [2.75, 3.05) is 19.6 Å². The number of primary sulfonamides is 1. The summed E-state index contributed by atoms with van der Waals surface area (Å²) >= 11 is 0. The number of sulfonamides is 1. The van der Waals surface area contributed by atoms with E-state index in [-0.39, 0.29) is 5.92 Å². The van der Waals surface area contributed by atoms with E-state index < -0.39 is 15.3 Å². The second kappa shape index (κ2) is 7.81. The minimum absolute atomic E-state index is 0.106. The predicted octanol–water partition coefficient (Wildman–Crippen LogP) is 1.93. The summed E-state index contributed by atoms with van der Waals surface area (Å²) in [4.78, 5) is 17.3. The van der Waals surface area contributed by atoms with E-state index in [0.29, 0.717) is 32.5 Å². The maximum absolute atomic E-state index is 11.5. The van der Waals surface area contributed by atoms with Gasteiger partial charge in [0.1, 0.15) is 0 Å². The molecule has 1 aromatic carbocycles. The minimum atomic E-state index is -3.44. The van der Waals surface area contributed by atoms with Crippen molar-refractivity contribution < 1.29 is 13.2 Å². The molecule has 0 bridgehead atoms. The molecule has 7 heteroatoms. The predicted molar refractivity (Wildman–Crippen MR) is 108 cm³/mol. The Hall–Kier alpha value is -1.97. The first-order valence-corrected chi connectivity index (χ1v) is 11.6. The fourth-order valence-corrected chi connectivity index (χ4v) is 5.70. The topological polar surface area (TPSA) is 92.8 Å². The van der Waals surface area contributed by atoms with Crippen molar-refractivity contribution in [2.45, 2.75) is 56.1 Å². The van der Waals surface area contributed by atoms with Crippen LogP contribution in [0, 0.1) is 11.8 Å². The summed E-state index contributed by atoms with van der Waals surface area (Å²) in [7, 11) is -3.44. The molecule has 0 aromatic heterocycles. The second-order valence-electron chi connectivity index (χ2n) is 7.97. The molecule has 6 nitrogen and oxygen atoms in total. The Labute approximate surface area is 166 Å². The summed E-state index contributed by atoms with van der Waals surface area (Å²) in [5.74, 6) is 6.78. The van der Waals surface area contributed by atoms with Crippen molar-refractivity contribution in [1.82, 2.24) is 4.90 Å². The van der Waals surface area contributed by atoms with Gasteiger partial charge >= 0.3 is 0 Å². The minimum Gasteiger partial charge on any atom is -0.292 e. The van der Waals surface area contributed by atoms with Gasteiger partial charge in [-0.1, -0.05) is 17.9 Å². The Balaban J connectivity index is 1.48. The Morgan fingerprint density at radius 1 is 1.14 bits per heavy atom. The Morgan fingerprint density at radius 2 is 1.93 bits per heavy atom. The average Bonchev–Trinajstić information content (AvgIpc) is 3.28. The lowest BCUT2D eigenvalue weighted by Gasteiger charge is -2.29. The van der Waals surface area contributed by atoms with E-state index in [9.17, 15) is 13.2 Å². The molecule has 1 saturated heterocycles. The molecule has 0 amide bonds. The molecule has 0 radical (unpaired) electrons. The summed E-state index contributed by atoms with van der Waals surface area (Å²) in [5.41, 5.74) is 5.78. The van der Waals surface area contributed by atoms with E-state index >= 15 is 0 Å². The smallest absolute Gasteiger partial charge is 0.240 e. The molecule has 28 heavy (non-hydrogen) atoms. The zero-order valence-electron chi connectivity index (χ0n) is 15.9. The molecule has 1 fully saturated rings. The Bertz CT molecular complexity index is 992. The van der Waals surface area contributed by atoms with Crippen LogP contribution in [0.3, 0.4) is 0 Å². The summed E-state index contributed by atoms with van der Waals surface area (Å²) < 4.78 is 22.9. The van der Waals surface area contributed by atoms with Crippen LogP contribution in [0.25, 0.3) is 0 Å². The fourth-order valence-electron chi connectivity index (χ4n) is 4.83. The summed E-state index contributed by atoms with van der Waals surface area (Å²) in [6.45, 7) is 2.02. The number of hydrogen-bond acceptors (Lipinski definition) is 5. The molecule has 1 aromatic rings. The normalized spacial score (nSPS) is 22.1.